The number of ether oxygens (including phenoxy) is 1. The second-order valence-electron chi connectivity index (χ2n) is 4.27. The summed E-state index contributed by atoms with van der Waals surface area (Å²) < 4.78 is 30.2. The van der Waals surface area contributed by atoms with Gasteiger partial charge in [0, 0.05) is 19.2 Å². The van der Waals surface area contributed by atoms with E-state index in [4.69, 9.17) is 0 Å². The van der Waals surface area contributed by atoms with Crippen molar-refractivity contribution in [3.05, 3.63) is 33.9 Å². The third-order valence-electron chi connectivity index (χ3n) is 2.73. The molecule has 0 fully saturated rings. The Morgan fingerprint density at radius 3 is 2.57 bits per heavy atom. The number of nitro groups is 1. The first-order valence-electron chi connectivity index (χ1n) is 6.07. The van der Waals surface area contributed by atoms with E-state index in [1.54, 1.807) is 6.92 Å². The van der Waals surface area contributed by atoms with Crippen molar-refractivity contribution >= 4 is 21.7 Å². The SMILES string of the molecule is CCOC(=O)CN(C)S(=O)(=O)c1cc([N+](=O)[O-])ccc1C. The maximum absolute atomic E-state index is 12.4. The Balaban J connectivity index is 3.15. The number of hydrogen-bond donors (Lipinski definition) is 0. The van der Waals surface area contributed by atoms with E-state index in [2.05, 4.69) is 4.74 Å². The highest BCUT2D eigenvalue weighted by Gasteiger charge is 2.27. The van der Waals surface area contributed by atoms with Crippen LogP contribution in [-0.4, -0.2) is 43.8 Å². The fourth-order valence-electron chi connectivity index (χ4n) is 1.62. The van der Waals surface area contributed by atoms with Gasteiger partial charge in [-0.05, 0) is 19.4 Å². The van der Waals surface area contributed by atoms with Gasteiger partial charge in [0.15, 0.2) is 0 Å². The fraction of sp³-hybridized carbons (Fsp3) is 0.417. The Labute approximate surface area is 122 Å². The second kappa shape index (κ2) is 6.64. The molecule has 0 N–H and O–H groups in total. The van der Waals surface area contributed by atoms with Crippen LogP contribution in [0.15, 0.2) is 23.1 Å². The first-order valence-corrected chi connectivity index (χ1v) is 7.51. The topological polar surface area (TPSA) is 107 Å². The smallest absolute Gasteiger partial charge is 0.321 e. The van der Waals surface area contributed by atoms with Crippen molar-refractivity contribution < 1.29 is 22.9 Å². The van der Waals surface area contributed by atoms with Gasteiger partial charge < -0.3 is 4.74 Å². The highest BCUT2D eigenvalue weighted by molar-refractivity contribution is 7.89. The van der Waals surface area contributed by atoms with Crippen LogP contribution in [0.25, 0.3) is 0 Å². The summed E-state index contributed by atoms with van der Waals surface area (Å²) in [4.78, 5) is 21.2. The lowest BCUT2D eigenvalue weighted by atomic mass is 10.2. The first kappa shape index (κ1) is 17.1. The van der Waals surface area contributed by atoms with Gasteiger partial charge in [-0.15, -0.1) is 0 Å². The number of hydrogen-bond acceptors (Lipinski definition) is 6. The van der Waals surface area contributed by atoms with Gasteiger partial charge in [-0.3, -0.25) is 14.9 Å². The predicted molar refractivity (Wildman–Crippen MR) is 74.3 cm³/mol. The van der Waals surface area contributed by atoms with Crippen LogP contribution in [0.1, 0.15) is 12.5 Å². The van der Waals surface area contributed by atoms with Crippen molar-refractivity contribution in [2.75, 3.05) is 20.2 Å². The van der Waals surface area contributed by atoms with Crippen molar-refractivity contribution in [1.82, 2.24) is 4.31 Å². The summed E-state index contributed by atoms with van der Waals surface area (Å²) in [6.45, 7) is 2.81. The van der Waals surface area contributed by atoms with Gasteiger partial charge in [0.2, 0.25) is 10.0 Å². The molecule has 1 rings (SSSR count). The molecule has 0 saturated heterocycles. The largest absolute Gasteiger partial charge is 0.465 e. The summed E-state index contributed by atoms with van der Waals surface area (Å²) in [5.41, 5.74) is 0.0278. The summed E-state index contributed by atoms with van der Waals surface area (Å²) in [5.74, 6) is -0.688. The van der Waals surface area contributed by atoms with Crippen LogP contribution in [0, 0.1) is 17.0 Å². The minimum Gasteiger partial charge on any atom is -0.465 e. The molecule has 0 bridgehead atoms. The third-order valence-corrected chi connectivity index (χ3v) is 4.67. The lowest BCUT2D eigenvalue weighted by Gasteiger charge is -2.17. The van der Waals surface area contributed by atoms with Crippen LogP contribution in [0.4, 0.5) is 5.69 Å². The van der Waals surface area contributed by atoms with Crippen LogP contribution >= 0.6 is 0 Å². The number of non-ortho nitro benzene ring substituents is 1. The number of esters is 1. The van der Waals surface area contributed by atoms with Gasteiger partial charge in [-0.2, -0.15) is 4.31 Å². The van der Waals surface area contributed by atoms with Crippen LogP contribution in [0.5, 0.6) is 0 Å². The zero-order valence-electron chi connectivity index (χ0n) is 11.9. The summed E-state index contributed by atoms with van der Waals surface area (Å²) in [5, 5.41) is 10.7. The molecule has 1 aromatic rings. The Bertz CT molecular complexity index is 656. The zero-order valence-corrected chi connectivity index (χ0v) is 12.7. The minimum absolute atomic E-state index is 0.141. The van der Waals surface area contributed by atoms with Gasteiger partial charge in [-0.25, -0.2) is 8.42 Å². The normalized spacial score (nSPS) is 11.4. The molecule has 0 spiro atoms. The molecule has 0 aliphatic carbocycles. The van der Waals surface area contributed by atoms with Gasteiger partial charge in [-0.1, -0.05) is 6.07 Å². The molecule has 9 heteroatoms. The number of sulfonamides is 1. The lowest BCUT2D eigenvalue weighted by molar-refractivity contribution is -0.385. The van der Waals surface area contributed by atoms with Crippen molar-refractivity contribution in [1.29, 1.82) is 0 Å². The Morgan fingerprint density at radius 1 is 1.43 bits per heavy atom. The molecular weight excluding hydrogens is 300 g/mol. The Morgan fingerprint density at radius 2 is 2.05 bits per heavy atom. The number of carbonyl (C=O) groups is 1. The molecule has 8 nitrogen and oxygen atoms in total. The molecule has 0 unspecified atom stereocenters. The van der Waals surface area contributed by atoms with Crippen molar-refractivity contribution in [2.24, 2.45) is 0 Å². The molecule has 21 heavy (non-hydrogen) atoms. The molecule has 1 aromatic carbocycles. The quantitative estimate of drug-likeness (QED) is 0.441. The van der Waals surface area contributed by atoms with E-state index >= 15 is 0 Å². The fourth-order valence-corrected chi connectivity index (χ4v) is 2.98. The van der Waals surface area contributed by atoms with Crippen molar-refractivity contribution in [2.45, 2.75) is 18.7 Å². The van der Waals surface area contributed by atoms with Crippen LogP contribution in [0.3, 0.4) is 0 Å². The maximum Gasteiger partial charge on any atom is 0.321 e. The van der Waals surface area contributed by atoms with Crippen LogP contribution in [-0.2, 0) is 19.6 Å². The standard InChI is InChI=1S/C12H16N2O6S/c1-4-20-12(15)8-13(3)21(18,19)11-7-10(14(16)17)6-5-9(11)2/h5-7H,4,8H2,1-3H3. The van der Waals surface area contributed by atoms with E-state index in [9.17, 15) is 23.3 Å². The summed E-state index contributed by atoms with van der Waals surface area (Å²) in [6.07, 6.45) is 0. The molecule has 116 valence electrons. The molecule has 0 aromatic heterocycles. The average Bonchev–Trinajstić information content (AvgIpc) is 2.38. The molecule has 0 saturated carbocycles. The highest BCUT2D eigenvalue weighted by Crippen LogP contribution is 2.24. The highest BCUT2D eigenvalue weighted by atomic mass is 32.2. The number of nitro benzene ring substituents is 1. The first-order chi connectivity index (χ1) is 9.70. The minimum atomic E-state index is -4.01. The zero-order chi connectivity index (χ0) is 16.2. The predicted octanol–water partition coefficient (Wildman–Crippen LogP) is 1.09. The van der Waals surface area contributed by atoms with E-state index in [1.807, 2.05) is 0 Å². The molecule has 0 aliphatic rings. The van der Waals surface area contributed by atoms with Gasteiger partial charge in [0.05, 0.1) is 16.4 Å². The number of benzene rings is 1. The van der Waals surface area contributed by atoms with Crippen LogP contribution in [0.2, 0.25) is 0 Å². The van der Waals surface area contributed by atoms with Gasteiger partial charge in [0.1, 0.15) is 6.54 Å². The Kier molecular flexibility index (Phi) is 5.39. The van der Waals surface area contributed by atoms with Crippen LogP contribution < -0.4 is 0 Å². The molecule has 0 amide bonds. The lowest BCUT2D eigenvalue weighted by Crippen LogP contribution is -2.33. The van der Waals surface area contributed by atoms with Crippen molar-refractivity contribution in [3.8, 4) is 0 Å². The third kappa shape index (κ3) is 3.99. The monoisotopic (exact) mass is 316 g/mol. The molecule has 0 atom stereocenters. The molecule has 0 heterocycles. The van der Waals surface area contributed by atoms with E-state index in [1.165, 1.54) is 26.1 Å². The number of aryl methyl sites for hydroxylation is 1. The summed E-state index contributed by atoms with van der Waals surface area (Å²) in [6, 6.07) is 3.55. The molecule has 0 radical (unpaired) electrons. The van der Waals surface area contributed by atoms with E-state index in [0.29, 0.717) is 5.56 Å². The van der Waals surface area contributed by atoms with Crippen molar-refractivity contribution in [3.63, 3.8) is 0 Å². The molecule has 0 aliphatic heterocycles. The van der Waals surface area contributed by atoms with Gasteiger partial charge >= 0.3 is 5.97 Å². The molecular formula is C12H16N2O6S. The summed E-state index contributed by atoms with van der Waals surface area (Å²) >= 11 is 0. The number of carbonyl (C=O) groups excluding carboxylic acids is 1. The maximum atomic E-state index is 12.4. The number of rotatable bonds is 6. The van der Waals surface area contributed by atoms with Gasteiger partial charge in [0.25, 0.3) is 5.69 Å². The number of likely N-dealkylation sites (N-methyl/N-ethyl adjacent to an activating group) is 1. The second-order valence-corrected chi connectivity index (χ2v) is 6.29. The van der Waals surface area contributed by atoms with E-state index in [0.717, 1.165) is 10.4 Å². The van der Waals surface area contributed by atoms with E-state index < -0.39 is 27.5 Å². The van der Waals surface area contributed by atoms with E-state index in [-0.39, 0.29) is 17.2 Å². The average molecular weight is 316 g/mol. The number of nitrogens with zero attached hydrogens (tertiary/aromatic N) is 2. The Hall–Kier alpha value is -2.00. The summed E-state index contributed by atoms with van der Waals surface area (Å²) in [7, 11) is -2.80.